The molecule has 1 fully saturated rings. The lowest BCUT2D eigenvalue weighted by atomic mass is 10.2. The lowest BCUT2D eigenvalue weighted by Crippen LogP contribution is -2.50. The highest BCUT2D eigenvalue weighted by Crippen LogP contribution is 2.22. The van der Waals surface area contributed by atoms with Crippen molar-refractivity contribution >= 4 is 27.8 Å². The third-order valence-corrected chi connectivity index (χ3v) is 7.48. The van der Waals surface area contributed by atoms with E-state index in [4.69, 9.17) is 10.00 Å². The SMILES string of the molecule is Cc1ccc(C)c(S(=O)(=O)N2CCN(C(=O)CCC(=O)OCC(=O)N(C)CCC#N)CC2)c1. The quantitative estimate of drug-likeness (QED) is 0.481. The van der Waals surface area contributed by atoms with Crippen LogP contribution in [0.3, 0.4) is 0 Å². The van der Waals surface area contributed by atoms with E-state index in [1.165, 1.54) is 21.2 Å². The van der Waals surface area contributed by atoms with Crippen LogP contribution in [0.1, 0.15) is 30.4 Å². The predicted octanol–water partition coefficient (Wildman–Crippen LogP) is 0.832. The number of carbonyl (C=O) groups is 3. The zero-order chi connectivity index (χ0) is 24.6. The molecule has 1 aliphatic rings. The zero-order valence-corrected chi connectivity index (χ0v) is 20.1. The molecule has 1 saturated heterocycles. The molecule has 2 amide bonds. The smallest absolute Gasteiger partial charge is 0.306 e. The van der Waals surface area contributed by atoms with Crippen molar-refractivity contribution in [3.63, 3.8) is 0 Å². The minimum absolute atomic E-state index is 0.0823. The summed E-state index contributed by atoms with van der Waals surface area (Å²) in [7, 11) is -2.14. The van der Waals surface area contributed by atoms with Crippen LogP contribution in [0.25, 0.3) is 0 Å². The van der Waals surface area contributed by atoms with Gasteiger partial charge in [0.1, 0.15) is 0 Å². The molecule has 1 heterocycles. The molecular formula is C22H30N4O6S. The van der Waals surface area contributed by atoms with Crippen LogP contribution in [0, 0.1) is 25.2 Å². The van der Waals surface area contributed by atoms with E-state index in [-0.39, 0.29) is 62.8 Å². The van der Waals surface area contributed by atoms with Gasteiger partial charge in [-0.1, -0.05) is 12.1 Å². The average Bonchev–Trinajstić information content (AvgIpc) is 2.80. The van der Waals surface area contributed by atoms with E-state index in [0.29, 0.717) is 5.56 Å². The molecule has 1 aromatic carbocycles. The van der Waals surface area contributed by atoms with Gasteiger partial charge in [-0.05, 0) is 31.0 Å². The number of ether oxygens (including phenoxy) is 1. The molecule has 0 aliphatic carbocycles. The van der Waals surface area contributed by atoms with Gasteiger partial charge in [-0.15, -0.1) is 0 Å². The van der Waals surface area contributed by atoms with E-state index < -0.39 is 28.5 Å². The van der Waals surface area contributed by atoms with Gasteiger partial charge in [-0.2, -0.15) is 9.57 Å². The van der Waals surface area contributed by atoms with Gasteiger partial charge in [-0.3, -0.25) is 14.4 Å². The Morgan fingerprint density at radius 1 is 1.12 bits per heavy atom. The molecule has 0 atom stereocenters. The number of nitrogens with zero attached hydrogens (tertiary/aromatic N) is 4. The second-order valence-corrected chi connectivity index (χ2v) is 9.84. The summed E-state index contributed by atoms with van der Waals surface area (Å²) < 4.78 is 32.3. The van der Waals surface area contributed by atoms with Crippen molar-refractivity contribution in [3.05, 3.63) is 29.3 Å². The summed E-state index contributed by atoms with van der Waals surface area (Å²) in [4.78, 5) is 39.2. The third-order valence-electron chi connectivity index (χ3n) is 5.44. The van der Waals surface area contributed by atoms with Gasteiger partial charge in [-0.25, -0.2) is 8.42 Å². The van der Waals surface area contributed by atoms with Gasteiger partial charge in [0.2, 0.25) is 15.9 Å². The summed E-state index contributed by atoms with van der Waals surface area (Å²) in [6, 6.07) is 7.22. The second kappa shape index (κ2) is 11.8. The maximum Gasteiger partial charge on any atom is 0.306 e. The van der Waals surface area contributed by atoms with Gasteiger partial charge in [0.05, 0.1) is 23.8 Å². The van der Waals surface area contributed by atoms with E-state index in [1.807, 2.05) is 19.1 Å². The molecule has 10 nitrogen and oxygen atoms in total. The van der Waals surface area contributed by atoms with Gasteiger partial charge in [0.15, 0.2) is 6.61 Å². The van der Waals surface area contributed by atoms with E-state index >= 15 is 0 Å². The van der Waals surface area contributed by atoms with Gasteiger partial charge in [0.25, 0.3) is 5.91 Å². The molecule has 0 radical (unpaired) electrons. The maximum atomic E-state index is 13.0. The zero-order valence-electron chi connectivity index (χ0n) is 19.2. The number of aryl methyl sites for hydroxylation is 2. The van der Waals surface area contributed by atoms with Crippen molar-refractivity contribution in [2.24, 2.45) is 0 Å². The number of hydrogen-bond acceptors (Lipinski definition) is 7. The Hall–Kier alpha value is -2.97. The van der Waals surface area contributed by atoms with Gasteiger partial charge in [0, 0.05) is 46.2 Å². The molecule has 0 N–H and O–H groups in total. The first-order valence-electron chi connectivity index (χ1n) is 10.7. The minimum atomic E-state index is -3.65. The predicted molar refractivity (Wildman–Crippen MR) is 119 cm³/mol. The molecule has 0 saturated carbocycles. The lowest BCUT2D eigenvalue weighted by Gasteiger charge is -2.34. The van der Waals surface area contributed by atoms with E-state index in [0.717, 1.165) is 5.56 Å². The molecule has 0 unspecified atom stereocenters. The van der Waals surface area contributed by atoms with E-state index in [2.05, 4.69) is 0 Å². The summed E-state index contributed by atoms with van der Waals surface area (Å²) >= 11 is 0. The van der Waals surface area contributed by atoms with Crippen molar-refractivity contribution in [1.29, 1.82) is 5.26 Å². The molecule has 0 spiro atoms. The number of nitriles is 1. The van der Waals surface area contributed by atoms with Crippen LogP contribution in [-0.2, 0) is 29.1 Å². The Kier molecular flexibility index (Phi) is 9.37. The highest BCUT2D eigenvalue weighted by atomic mass is 32.2. The van der Waals surface area contributed by atoms with Crippen molar-refractivity contribution in [2.45, 2.75) is 38.0 Å². The minimum Gasteiger partial charge on any atom is -0.456 e. The summed E-state index contributed by atoms with van der Waals surface area (Å²) in [5.41, 5.74) is 1.53. The standard InChI is InChI=1S/C22H30N4O6S/c1-17-5-6-18(2)19(15-17)33(30,31)26-13-11-25(12-14-26)20(27)7-8-22(29)32-16-21(28)24(3)10-4-9-23/h5-6,15H,4,7-8,10-14,16H2,1-3H3. The first kappa shape index (κ1) is 26.3. The van der Waals surface area contributed by atoms with Crippen molar-refractivity contribution in [3.8, 4) is 6.07 Å². The third kappa shape index (κ3) is 7.27. The molecule has 1 aliphatic heterocycles. The Morgan fingerprint density at radius 2 is 1.79 bits per heavy atom. The fourth-order valence-corrected chi connectivity index (χ4v) is 5.07. The first-order chi connectivity index (χ1) is 15.6. The summed E-state index contributed by atoms with van der Waals surface area (Å²) in [6.45, 7) is 4.22. The number of carbonyl (C=O) groups excluding carboxylic acids is 3. The molecule has 0 bridgehead atoms. The number of sulfonamides is 1. The Bertz CT molecular complexity index is 1030. The summed E-state index contributed by atoms with van der Waals surface area (Å²) in [5.74, 6) is -1.36. The molecule has 1 aromatic rings. The van der Waals surface area contributed by atoms with Crippen LogP contribution in [0.2, 0.25) is 0 Å². The van der Waals surface area contributed by atoms with Gasteiger partial charge >= 0.3 is 5.97 Å². The van der Waals surface area contributed by atoms with Crippen LogP contribution in [0.5, 0.6) is 0 Å². The molecule has 11 heteroatoms. The fourth-order valence-electron chi connectivity index (χ4n) is 3.34. The van der Waals surface area contributed by atoms with Crippen LogP contribution >= 0.6 is 0 Å². The van der Waals surface area contributed by atoms with Crippen molar-refractivity contribution in [1.82, 2.24) is 14.1 Å². The van der Waals surface area contributed by atoms with Crippen molar-refractivity contribution < 1.29 is 27.5 Å². The number of likely N-dealkylation sites (N-methyl/N-ethyl adjacent to an activating group) is 1. The number of esters is 1. The number of hydrogen-bond donors (Lipinski definition) is 0. The first-order valence-corrected chi connectivity index (χ1v) is 12.1. The van der Waals surface area contributed by atoms with Crippen LogP contribution in [0.4, 0.5) is 0 Å². The Balaban J connectivity index is 1.79. The lowest BCUT2D eigenvalue weighted by molar-refractivity contribution is -0.152. The molecule has 180 valence electrons. The normalized spacial score (nSPS) is 14.4. The molecule has 33 heavy (non-hydrogen) atoms. The summed E-state index contributed by atoms with van der Waals surface area (Å²) in [6.07, 6.45) is -0.0695. The fraction of sp³-hybridized carbons (Fsp3) is 0.545. The van der Waals surface area contributed by atoms with Crippen molar-refractivity contribution in [2.75, 3.05) is 46.4 Å². The second-order valence-electron chi connectivity index (χ2n) is 7.94. The number of piperazine rings is 1. The van der Waals surface area contributed by atoms with Gasteiger partial charge < -0.3 is 14.5 Å². The van der Waals surface area contributed by atoms with E-state index in [9.17, 15) is 22.8 Å². The molecule has 2 rings (SSSR count). The number of benzene rings is 1. The van der Waals surface area contributed by atoms with Crippen LogP contribution in [0.15, 0.2) is 23.1 Å². The Morgan fingerprint density at radius 3 is 2.42 bits per heavy atom. The number of rotatable bonds is 9. The molecular weight excluding hydrogens is 448 g/mol. The Labute approximate surface area is 194 Å². The topological polar surface area (TPSA) is 128 Å². The highest BCUT2D eigenvalue weighted by molar-refractivity contribution is 7.89. The summed E-state index contributed by atoms with van der Waals surface area (Å²) in [5, 5.41) is 8.53. The monoisotopic (exact) mass is 478 g/mol. The number of amides is 2. The maximum absolute atomic E-state index is 13.0. The largest absolute Gasteiger partial charge is 0.456 e. The molecule has 0 aromatic heterocycles. The van der Waals surface area contributed by atoms with E-state index in [1.54, 1.807) is 19.1 Å². The van der Waals surface area contributed by atoms with Crippen LogP contribution < -0.4 is 0 Å². The van der Waals surface area contributed by atoms with Crippen LogP contribution in [-0.4, -0.2) is 86.7 Å². The highest BCUT2D eigenvalue weighted by Gasteiger charge is 2.31. The average molecular weight is 479 g/mol.